The highest BCUT2D eigenvalue weighted by atomic mass is 32.2. The van der Waals surface area contributed by atoms with Gasteiger partial charge in [-0.2, -0.15) is 4.99 Å². The molecule has 0 bridgehead atoms. The number of aryl methyl sites for hydroxylation is 2. The zero-order chi connectivity index (χ0) is 18.2. The summed E-state index contributed by atoms with van der Waals surface area (Å²) in [4.78, 5) is 19.0. The average Bonchev–Trinajstić information content (AvgIpc) is 2.74. The van der Waals surface area contributed by atoms with Crippen molar-refractivity contribution in [3.8, 4) is 5.69 Å². The second-order valence-electron chi connectivity index (χ2n) is 5.21. The van der Waals surface area contributed by atoms with Gasteiger partial charge in [0.25, 0.3) is 5.91 Å². The highest BCUT2D eigenvalue weighted by Gasteiger charge is 2.23. The van der Waals surface area contributed by atoms with Crippen molar-refractivity contribution in [1.82, 2.24) is 9.55 Å². The Labute approximate surface area is 137 Å². The van der Waals surface area contributed by atoms with Gasteiger partial charge in [0.2, 0.25) is 0 Å². The lowest BCUT2D eigenvalue weighted by atomic mass is 10.1. The lowest BCUT2D eigenvalue weighted by Gasteiger charge is -2.12. The van der Waals surface area contributed by atoms with Gasteiger partial charge in [0, 0.05) is 18.5 Å². The average molecular weight is 353 g/mol. The van der Waals surface area contributed by atoms with Crippen LogP contribution in [0.4, 0.5) is 4.39 Å². The lowest BCUT2D eigenvalue weighted by Crippen LogP contribution is -2.24. The van der Waals surface area contributed by atoms with Crippen LogP contribution in [0.1, 0.15) is 21.9 Å². The second kappa shape index (κ2) is 6.04. The lowest BCUT2D eigenvalue weighted by molar-refractivity contribution is 0.0998. The minimum absolute atomic E-state index is 0.0503. The van der Waals surface area contributed by atoms with Crippen molar-refractivity contribution in [3.63, 3.8) is 0 Å². The Balaban J connectivity index is 2.79. The standard InChI is InChI=1S/C14H16FN5O3S/c1-7-6-20(8(2)18-7)11-5-10(15)9(13(21)19-14(16)17)4-12(11)24(3,22)23/h4-6H,1-3H3,(H4,16,17,19,21). The molecule has 10 heteroatoms. The van der Waals surface area contributed by atoms with Crippen LogP contribution >= 0.6 is 0 Å². The van der Waals surface area contributed by atoms with E-state index in [2.05, 4.69) is 9.98 Å². The molecule has 0 atom stereocenters. The monoisotopic (exact) mass is 353 g/mol. The number of imidazole rings is 1. The van der Waals surface area contributed by atoms with Gasteiger partial charge >= 0.3 is 0 Å². The molecule has 0 saturated heterocycles. The second-order valence-corrected chi connectivity index (χ2v) is 7.20. The van der Waals surface area contributed by atoms with Crippen LogP contribution in [0.2, 0.25) is 0 Å². The first kappa shape index (κ1) is 17.6. The molecular formula is C14H16FN5O3S. The van der Waals surface area contributed by atoms with Crippen LogP contribution in [0.25, 0.3) is 5.69 Å². The molecule has 0 aliphatic heterocycles. The quantitative estimate of drug-likeness (QED) is 0.467. The molecule has 0 radical (unpaired) electrons. The number of halogens is 1. The summed E-state index contributed by atoms with van der Waals surface area (Å²) in [6.07, 6.45) is 2.52. The zero-order valence-electron chi connectivity index (χ0n) is 13.2. The van der Waals surface area contributed by atoms with E-state index in [4.69, 9.17) is 11.5 Å². The van der Waals surface area contributed by atoms with Crippen molar-refractivity contribution < 1.29 is 17.6 Å². The molecule has 24 heavy (non-hydrogen) atoms. The van der Waals surface area contributed by atoms with Crippen LogP contribution in [0.3, 0.4) is 0 Å². The normalized spacial score (nSPS) is 11.3. The van der Waals surface area contributed by atoms with E-state index >= 15 is 0 Å². The largest absolute Gasteiger partial charge is 0.370 e. The minimum Gasteiger partial charge on any atom is -0.370 e. The third-order valence-corrected chi connectivity index (χ3v) is 4.30. The highest BCUT2D eigenvalue weighted by Crippen LogP contribution is 2.26. The molecule has 0 fully saturated rings. The molecule has 128 valence electrons. The maximum Gasteiger partial charge on any atom is 0.283 e. The van der Waals surface area contributed by atoms with Gasteiger partial charge in [-0.1, -0.05) is 0 Å². The van der Waals surface area contributed by atoms with Gasteiger partial charge in [-0.05, 0) is 19.9 Å². The summed E-state index contributed by atoms with van der Waals surface area (Å²) in [5.74, 6) is -2.09. The van der Waals surface area contributed by atoms with Gasteiger partial charge < -0.3 is 16.0 Å². The number of aromatic nitrogens is 2. The first-order valence-electron chi connectivity index (χ1n) is 6.71. The number of amides is 1. The number of guanidine groups is 1. The zero-order valence-corrected chi connectivity index (χ0v) is 14.1. The molecule has 1 amide bonds. The minimum atomic E-state index is -3.77. The molecular weight excluding hydrogens is 337 g/mol. The predicted octanol–water partition coefficient (Wildman–Crippen LogP) is 0.445. The molecule has 1 aromatic heterocycles. The summed E-state index contributed by atoms with van der Waals surface area (Å²) < 4.78 is 40.0. The Kier molecular flexibility index (Phi) is 4.43. The summed E-state index contributed by atoms with van der Waals surface area (Å²) in [7, 11) is -3.77. The summed E-state index contributed by atoms with van der Waals surface area (Å²) in [5.41, 5.74) is 10.3. The molecule has 1 aromatic carbocycles. The molecule has 2 rings (SSSR count). The Morgan fingerprint density at radius 3 is 2.38 bits per heavy atom. The Bertz CT molecular complexity index is 959. The van der Waals surface area contributed by atoms with Crippen LogP contribution in [0.15, 0.2) is 28.2 Å². The Morgan fingerprint density at radius 2 is 1.92 bits per heavy atom. The molecule has 0 aliphatic carbocycles. The van der Waals surface area contributed by atoms with Gasteiger partial charge in [-0.15, -0.1) is 0 Å². The fourth-order valence-corrected chi connectivity index (χ4v) is 3.10. The number of aliphatic imine (C=N–C) groups is 1. The number of carbonyl (C=O) groups is 1. The van der Waals surface area contributed by atoms with Gasteiger partial charge in [0.15, 0.2) is 15.8 Å². The van der Waals surface area contributed by atoms with E-state index in [1.54, 1.807) is 20.0 Å². The smallest absolute Gasteiger partial charge is 0.283 e. The SMILES string of the molecule is Cc1cn(-c2cc(F)c(C(=O)N=C(N)N)cc2S(C)(=O)=O)c(C)n1. The molecule has 0 spiro atoms. The number of nitrogens with two attached hydrogens (primary N) is 2. The number of hydrogen-bond donors (Lipinski definition) is 2. The molecule has 2 aromatic rings. The fourth-order valence-electron chi connectivity index (χ4n) is 2.23. The van der Waals surface area contributed by atoms with E-state index in [0.717, 1.165) is 18.4 Å². The topological polar surface area (TPSA) is 133 Å². The first-order chi connectivity index (χ1) is 11.0. The van der Waals surface area contributed by atoms with Crippen LogP contribution in [-0.2, 0) is 9.84 Å². The van der Waals surface area contributed by atoms with Gasteiger partial charge in [-0.3, -0.25) is 4.79 Å². The number of benzene rings is 1. The van der Waals surface area contributed by atoms with Crippen molar-refractivity contribution in [2.45, 2.75) is 18.7 Å². The van der Waals surface area contributed by atoms with Crippen LogP contribution in [-0.4, -0.2) is 36.1 Å². The first-order valence-corrected chi connectivity index (χ1v) is 8.60. The summed E-state index contributed by atoms with van der Waals surface area (Å²) in [6, 6.07) is 1.86. The van der Waals surface area contributed by atoms with E-state index in [1.807, 2.05) is 0 Å². The number of nitrogens with zero attached hydrogens (tertiary/aromatic N) is 3. The van der Waals surface area contributed by atoms with Crippen LogP contribution < -0.4 is 11.5 Å². The highest BCUT2D eigenvalue weighted by molar-refractivity contribution is 7.90. The van der Waals surface area contributed by atoms with E-state index in [9.17, 15) is 17.6 Å². The van der Waals surface area contributed by atoms with E-state index in [-0.39, 0.29) is 10.6 Å². The van der Waals surface area contributed by atoms with Crippen molar-refractivity contribution in [1.29, 1.82) is 0 Å². The summed E-state index contributed by atoms with van der Waals surface area (Å²) in [5, 5.41) is 0. The number of rotatable bonds is 3. The third-order valence-electron chi connectivity index (χ3n) is 3.17. The molecule has 1 heterocycles. The number of carbonyl (C=O) groups excluding carboxylic acids is 1. The number of hydrogen-bond acceptors (Lipinski definition) is 4. The molecule has 0 saturated carbocycles. The van der Waals surface area contributed by atoms with Crippen molar-refractivity contribution in [3.05, 3.63) is 41.2 Å². The summed E-state index contributed by atoms with van der Waals surface area (Å²) in [6.45, 7) is 3.37. The van der Waals surface area contributed by atoms with E-state index in [0.29, 0.717) is 11.5 Å². The van der Waals surface area contributed by atoms with Gasteiger partial charge in [0.05, 0.1) is 21.8 Å². The van der Waals surface area contributed by atoms with Crippen molar-refractivity contribution in [2.24, 2.45) is 16.5 Å². The van der Waals surface area contributed by atoms with E-state index < -0.39 is 33.1 Å². The van der Waals surface area contributed by atoms with Crippen LogP contribution in [0.5, 0.6) is 0 Å². The third kappa shape index (κ3) is 3.43. The predicted molar refractivity (Wildman–Crippen MR) is 86.2 cm³/mol. The Hall–Kier alpha value is -2.75. The van der Waals surface area contributed by atoms with Gasteiger partial charge in [-0.25, -0.2) is 17.8 Å². The van der Waals surface area contributed by atoms with Crippen molar-refractivity contribution >= 4 is 21.7 Å². The van der Waals surface area contributed by atoms with Gasteiger partial charge in [0.1, 0.15) is 11.6 Å². The fraction of sp³-hybridized carbons (Fsp3) is 0.214. The molecule has 8 nitrogen and oxygen atoms in total. The molecule has 4 N–H and O–H groups in total. The Morgan fingerprint density at radius 1 is 1.29 bits per heavy atom. The maximum absolute atomic E-state index is 14.3. The van der Waals surface area contributed by atoms with Crippen LogP contribution in [0, 0.1) is 19.7 Å². The number of sulfone groups is 1. The summed E-state index contributed by atoms with van der Waals surface area (Å²) >= 11 is 0. The van der Waals surface area contributed by atoms with Crippen molar-refractivity contribution in [2.75, 3.05) is 6.26 Å². The maximum atomic E-state index is 14.3. The molecule has 0 aliphatic rings. The van der Waals surface area contributed by atoms with E-state index in [1.165, 1.54) is 4.57 Å². The molecule has 0 unspecified atom stereocenters.